The van der Waals surface area contributed by atoms with E-state index in [1.807, 2.05) is 18.2 Å². The van der Waals surface area contributed by atoms with Crippen LogP contribution in [0.15, 0.2) is 60.2 Å². The highest BCUT2D eigenvalue weighted by atomic mass is 16.1. The van der Waals surface area contributed by atoms with E-state index in [2.05, 4.69) is 62.5 Å². The number of nitrogens with one attached hydrogen (secondary N) is 1. The number of carbonyl (C=O) groups is 1. The van der Waals surface area contributed by atoms with Gasteiger partial charge in [-0.05, 0) is 31.4 Å². The van der Waals surface area contributed by atoms with E-state index < -0.39 is 0 Å². The van der Waals surface area contributed by atoms with Gasteiger partial charge < -0.3 is 5.32 Å². The zero-order valence-electron chi connectivity index (χ0n) is 13.7. The van der Waals surface area contributed by atoms with Gasteiger partial charge in [-0.15, -0.1) is 0 Å². The van der Waals surface area contributed by atoms with Crippen LogP contribution in [0.5, 0.6) is 0 Å². The lowest BCUT2D eigenvalue weighted by Gasteiger charge is -2.18. The SMILES string of the molecule is CCC1(C)C=CC=C(C(=O)NCCc2ccc(C)cc2)C=C1. The predicted octanol–water partition coefficient (Wildman–Crippen LogP) is 4.12. The van der Waals surface area contributed by atoms with E-state index in [0.717, 1.165) is 18.4 Å². The maximum atomic E-state index is 12.2. The highest BCUT2D eigenvalue weighted by molar-refractivity contribution is 5.96. The topological polar surface area (TPSA) is 29.1 Å². The molecule has 1 amide bonds. The quantitative estimate of drug-likeness (QED) is 0.869. The average Bonchev–Trinajstić information content (AvgIpc) is 2.72. The summed E-state index contributed by atoms with van der Waals surface area (Å²) >= 11 is 0. The van der Waals surface area contributed by atoms with Crippen LogP contribution < -0.4 is 5.32 Å². The molecular formula is C20H25NO. The molecule has 0 heterocycles. The van der Waals surface area contributed by atoms with Gasteiger partial charge in [0.05, 0.1) is 0 Å². The van der Waals surface area contributed by atoms with Crippen LogP contribution in [0.25, 0.3) is 0 Å². The maximum Gasteiger partial charge on any atom is 0.251 e. The molecule has 1 unspecified atom stereocenters. The molecule has 0 spiro atoms. The molecule has 1 aromatic carbocycles. The fraction of sp³-hybridized carbons (Fsp3) is 0.350. The van der Waals surface area contributed by atoms with Crippen LogP contribution in [0.4, 0.5) is 0 Å². The normalized spacial score (nSPS) is 20.4. The minimum Gasteiger partial charge on any atom is -0.352 e. The van der Waals surface area contributed by atoms with Gasteiger partial charge in [0.15, 0.2) is 0 Å². The van der Waals surface area contributed by atoms with Gasteiger partial charge in [-0.1, -0.05) is 68.0 Å². The van der Waals surface area contributed by atoms with Crippen LogP contribution in [0.2, 0.25) is 0 Å². The number of carbonyl (C=O) groups excluding carboxylic acids is 1. The van der Waals surface area contributed by atoms with Crippen molar-refractivity contribution in [2.75, 3.05) is 6.54 Å². The Bertz CT molecular complexity index is 607. The van der Waals surface area contributed by atoms with Gasteiger partial charge >= 0.3 is 0 Å². The van der Waals surface area contributed by atoms with E-state index in [9.17, 15) is 4.79 Å². The Hall–Kier alpha value is -2.09. The highest BCUT2D eigenvalue weighted by Crippen LogP contribution is 2.27. The number of allylic oxidation sites excluding steroid dienone is 4. The largest absolute Gasteiger partial charge is 0.352 e. The van der Waals surface area contributed by atoms with Gasteiger partial charge in [-0.25, -0.2) is 0 Å². The summed E-state index contributed by atoms with van der Waals surface area (Å²) in [6.45, 7) is 7.06. The van der Waals surface area contributed by atoms with Gasteiger partial charge in [0.1, 0.15) is 0 Å². The molecule has 2 heteroatoms. The van der Waals surface area contributed by atoms with E-state index in [1.165, 1.54) is 11.1 Å². The number of hydrogen-bond acceptors (Lipinski definition) is 1. The van der Waals surface area contributed by atoms with Crippen molar-refractivity contribution >= 4 is 5.91 Å². The van der Waals surface area contributed by atoms with E-state index in [4.69, 9.17) is 0 Å². The molecular weight excluding hydrogens is 270 g/mol. The molecule has 116 valence electrons. The molecule has 0 saturated carbocycles. The first-order chi connectivity index (χ1) is 10.5. The van der Waals surface area contributed by atoms with Gasteiger partial charge in [0.25, 0.3) is 5.91 Å². The Balaban J connectivity index is 1.88. The summed E-state index contributed by atoms with van der Waals surface area (Å²) in [7, 11) is 0. The van der Waals surface area contributed by atoms with Gasteiger partial charge in [0.2, 0.25) is 0 Å². The van der Waals surface area contributed by atoms with E-state index >= 15 is 0 Å². The monoisotopic (exact) mass is 295 g/mol. The lowest BCUT2D eigenvalue weighted by atomic mass is 9.87. The van der Waals surface area contributed by atoms with Crippen molar-refractivity contribution in [2.45, 2.75) is 33.6 Å². The fourth-order valence-corrected chi connectivity index (χ4v) is 2.33. The zero-order chi connectivity index (χ0) is 16.0. The number of rotatable bonds is 5. The second kappa shape index (κ2) is 7.26. The van der Waals surface area contributed by atoms with Crippen molar-refractivity contribution < 1.29 is 4.79 Å². The first-order valence-corrected chi connectivity index (χ1v) is 7.95. The Morgan fingerprint density at radius 1 is 1.18 bits per heavy atom. The third kappa shape index (κ3) is 4.45. The second-order valence-electron chi connectivity index (χ2n) is 6.17. The molecule has 22 heavy (non-hydrogen) atoms. The van der Waals surface area contributed by atoms with Crippen molar-refractivity contribution in [1.29, 1.82) is 0 Å². The molecule has 2 nitrogen and oxygen atoms in total. The molecule has 0 aromatic heterocycles. The predicted molar refractivity (Wildman–Crippen MR) is 92.7 cm³/mol. The molecule has 1 atom stereocenters. The number of benzene rings is 1. The summed E-state index contributed by atoms with van der Waals surface area (Å²) in [6, 6.07) is 8.43. The molecule has 0 fully saturated rings. The second-order valence-corrected chi connectivity index (χ2v) is 6.17. The smallest absolute Gasteiger partial charge is 0.251 e. The zero-order valence-corrected chi connectivity index (χ0v) is 13.7. The molecule has 0 saturated heterocycles. The molecule has 1 aliphatic rings. The first kappa shape index (κ1) is 16.3. The van der Waals surface area contributed by atoms with Crippen molar-refractivity contribution in [3.63, 3.8) is 0 Å². The van der Waals surface area contributed by atoms with Gasteiger partial charge in [-0.3, -0.25) is 4.79 Å². The van der Waals surface area contributed by atoms with Crippen LogP contribution >= 0.6 is 0 Å². The summed E-state index contributed by atoms with van der Waals surface area (Å²) in [5, 5.41) is 3.00. The van der Waals surface area contributed by atoms with E-state index in [1.54, 1.807) is 0 Å². The standard InChI is InChI=1S/C20H25NO/c1-4-20(3)13-5-6-18(11-14-20)19(22)21-15-12-17-9-7-16(2)8-10-17/h5-11,13-14H,4,12,15H2,1-3H3,(H,21,22). The lowest BCUT2D eigenvalue weighted by molar-refractivity contribution is -0.117. The molecule has 0 radical (unpaired) electrons. The molecule has 1 aromatic rings. The Labute approximate surface area is 133 Å². The third-order valence-electron chi connectivity index (χ3n) is 4.24. The summed E-state index contributed by atoms with van der Waals surface area (Å²) in [4.78, 5) is 12.2. The average molecular weight is 295 g/mol. The van der Waals surface area contributed by atoms with Gasteiger partial charge in [0, 0.05) is 17.5 Å². The summed E-state index contributed by atoms with van der Waals surface area (Å²) < 4.78 is 0. The van der Waals surface area contributed by atoms with Crippen molar-refractivity contribution in [3.8, 4) is 0 Å². The molecule has 0 bridgehead atoms. The van der Waals surface area contributed by atoms with Crippen LogP contribution in [-0.4, -0.2) is 12.5 Å². The van der Waals surface area contributed by atoms with Crippen molar-refractivity contribution in [1.82, 2.24) is 5.32 Å². The van der Waals surface area contributed by atoms with Crippen LogP contribution in [0, 0.1) is 12.3 Å². The number of hydrogen-bond donors (Lipinski definition) is 1. The summed E-state index contributed by atoms with van der Waals surface area (Å²) in [5.41, 5.74) is 3.26. The molecule has 0 aliphatic heterocycles. The Kier molecular flexibility index (Phi) is 5.37. The van der Waals surface area contributed by atoms with E-state index in [-0.39, 0.29) is 11.3 Å². The Morgan fingerprint density at radius 3 is 2.59 bits per heavy atom. The highest BCUT2D eigenvalue weighted by Gasteiger charge is 2.16. The molecule has 2 rings (SSSR count). The minimum atomic E-state index is -0.00614. The number of aryl methyl sites for hydroxylation is 1. The van der Waals surface area contributed by atoms with Gasteiger partial charge in [-0.2, -0.15) is 0 Å². The minimum absolute atomic E-state index is 0.00614. The lowest BCUT2D eigenvalue weighted by Crippen LogP contribution is -2.26. The Morgan fingerprint density at radius 2 is 1.91 bits per heavy atom. The molecule has 1 aliphatic carbocycles. The number of amides is 1. The van der Waals surface area contributed by atoms with Crippen molar-refractivity contribution in [3.05, 3.63) is 71.3 Å². The molecule has 1 N–H and O–H groups in total. The van der Waals surface area contributed by atoms with Crippen molar-refractivity contribution in [2.24, 2.45) is 5.41 Å². The van der Waals surface area contributed by atoms with Crippen LogP contribution in [0.3, 0.4) is 0 Å². The summed E-state index contributed by atoms with van der Waals surface area (Å²) in [6.07, 6.45) is 11.9. The summed E-state index contributed by atoms with van der Waals surface area (Å²) in [5.74, 6) is -0.00614. The van der Waals surface area contributed by atoms with Crippen LogP contribution in [0.1, 0.15) is 31.4 Å². The third-order valence-corrected chi connectivity index (χ3v) is 4.24. The first-order valence-electron chi connectivity index (χ1n) is 7.95. The maximum absolute atomic E-state index is 12.2. The van der Waals surface area contributed by atoms with Crippen LogP contribution in [-0.2, 0) is 11.2 Å². The fourth-order valence-electron chi connectivity index (χ4n) is 2.33. The van der Waals surface area contributed by atoms with E-state index in [0.29, 0.717) is 6.54 Å².